The predicted molar refractivity (Wildman–Crippen MR) is 133 cm³/mol. The number of phenols is 1. The van der Waals surface area contributed by atoms with Crippen LogP contribution in [0, 0.1) is 0 Å². The van der Waals surface area contributed by atoms with Gasteiger partial charge in [-0.05, 0) is 53.4 Å². The molecule has 0 radical (unpaired) electrons. The summed E-state index contributed by atoms with van der Waals surface area (Å²) in [6.07, 6.45) is -0.599. The molecule has 0 heterocycles. The van der Waals surface area contributed by atoms with Crippen LogP contribution in [-0.4, -0.2) is 31.7 Å². The van der Waals surface area contributed by atoms with Crippen LogP contribution >= 0.6 is 11.8 Å². The molecule has 4 nitrogen and oxygen atoms in total. The first kappa shape index (κ1) is 25.6. The molecule has 172 valence electrons. The summed E-state index contributed by atoms with van der Waals surface area (Å²) in [5.74, 6) is 1.42. The molecule has 2 unspecified atom stereocenters. The molecule has 6 heteroatoms. The predicted octanol–water partition coefficient (Wildman–Crippen LogP) is 7.17. The maximum atomic E-state index is 10.5. The van der Waals surface area contributed by atoms with Gasteiger partial charge >= 0.3 is 0 Å². The number of benzene rings is 2. The minimum Gasteiger partial charge on any atom is -0.543 e. The van der Waals surface area contributed by atoms with Crippen LogP contribution in [0.1, 0.15) is 59.3 Å². The van der Waals surface area contributed by atoms with Gasteiger partial charge in [-0.1, -0.05) is 59.7 Å². The number of aromatic hydroxyl groups is 1. The highest BCUT2D eigenvalue weighted by Crippen LogP contribution is 2.46. The van der Waals surface area contributed by atoms with E-state index in [1.807, 2.05) is 36.4 Å². The first-order valence-electron chi connectivity index (χ1n) is 11.0. The van der Waals surface area contributed by atoms with E-state index >= 15 is 0 Å². The van der Waals surface area contributed by atoms with Gasteiger partial charge in [0.1, 0.15) is 5.75 Å². The minimum atomic E-state index is -2.02. The molecular formula is C25H38O4SSi. The van der Waals surface area contributed by atoms with Crippen molar-refractivity contribution in [2.45, 2.75) is 81.3 Å². The maximum Gasteiger partial charge on any atom is 0.258 e. The lowest BCUT2D eigenvalue weighted by atomic mass is 10.1. The molecule has 0 spiro atoms. The molecular weight excluding hydrogens is 424 g/mol. The van der Waals surface area contributed by atoms with E-state index in [1.165, 1.54) is 18.9 Å². The lowest BCUT2D eigenvalue weighted by molar-refractivity contribution is 0.192. The first-order valence-corrected chi connectivity index (χ1v) is 14.1. The summed E-state index contributed by atoms with van der Waals surface area (Å²) in [6.45, 7) is 15.4. The van der Waals surface area contributed by atoms with Crippen molar-refractivity contribution in [1.82, 2.24) is 0 Å². The smallest absolute Gasteiger partial charge is 0.258 e. The molecule has 2 aromatic rings. The van der Waals surface area contributed by atoms with Crippen molar-refractivity contribution in [3.63, 3.8) is 0 Å². The number of methoxy groups -OCH3 is 1. The summed E-state index contributed by atoms with van der Waals surface area (Å²) in [5.41, 5.74) is 2.50. The molecule has 0 bridgehead atoms. The molecule has 0 amide bonds. The van der Waals surface area contributed by atoms with Crippen LogP contribution in [0.2, 0.25) is 16.6 Å². The summed E-state index contributed by atoms with van der Waals surface area (Å²) in [7, 11) is -0.484. The van der Waals surface area contributed by atoms with Crippen molar-refractivity contribution < 1.29 is 19.4 Å². The van der Waals surface area contributed by atoms with Crippen molar-refractivity contribution in [3.05, 3.63) is 48.0 Å². The topological polar surface area (TPSA) is 58.9 Å². The van der Waals surface area contributed by atoms with Gasteiger partial charge in [0.25, 0.3) is 8.32 Å². The summed E-state index contributed by atoms with van der Waals surface area (Å²) in [4.78, 5) is 0.677. The molecule has 31 heavy (non-hydrogen) atoms. The van der Waals surface area contributed by atoms with Crippen molar-refractivity contribution in [2.24, 2.45) is 0 Å². The summed E-state index contributed by atoms with van der Waals surface area (Å²) < 4.78 is 12.0. The molecule has 0 aliphatic rings. The van der Waals surface area contributed by atoms with Gasteiger partial charge in [0, 0.05) is 0 Å². The Morgan fingerprint density at radius 3 is 1.84 bits per heavy atom. The SMILES string of the molecule is COc1cccc(SC(c2ccc(O[Si](C(C)C)(C(C)C)C(C)C)cc2)C(C)O)c1O. The van der Waals surface area contributed by atoms with Crippen LogP contribution < -0.4 is 9.16 Å². The number of aliphatic hydroxyl groups excluding tert-OH is 1. The standard InChI is InChI=1S/C25H38O4SSi/c1-16(2)31(17(3)4,18(5)6)29-21-14-12-20(13-15-21)25(19(7)26)30-23-11-9-10-22(28-8)24(23)27/h9-19,25-27H,1-8H3. The molecule has 0 aliphatic heterocycles. The summed E-state index contributed by atoms with van der Waals surface area (Å²) >= 11 is 1.43. The normalized spacial score (nSPS) is 14.2. The minimum absolute atomic E-state index is 0.0992. The van der Waals surface area contributed by atoms with Gasteiger partial charge in [0.05, 0.1) is 23.4 Å². The molecule has 2 N–H and O–H groups in total. The average molecular weight is 463 g/mol. The monoisotopic (exact) mass is 462 g/mol. The van der Waals surface area contributed by atoms with Gasteiger partial charge in [-0.3, -0.25) is 0 Å². The third-order valence-electron chi connectivity index (χ3n) is 6.08. The Bertz CT molecular complexity index is 812. The average Bonchev–Trinajstić information content (AvgIpc) is 2.70. The van der Waals surface area contributed by atoms with Crippen molar-refractivity contribution in [2.75, 3.05) is 7.11 Å². The Balaban J connectivity index is 2.31. The van der Waals surface area contributed by atoms with E-state index in [0.717, 1.165) is 11.3 Å². The highest BCUT2D eigenvalue weighted by atomic mass is 32.2. The lowest BCUT2D eigenvalue weighted by Crippen LogP contribution is -2.50. The van der Waals surface area contributed by atoms with Crippen LogP contribution in [0.3, 0.4) is 0 Å². The number of ether oxygens (including phenoxy) is 1. The molecule has 0 aromatic heterocycles. The van der Waals surface area contributed by atoms with Crippen LogP contribution in [-0.2, 0) is 0 Å². The highest BCUT2D eigenvalue weighted by Gasteiger charge is 2.47. The second-order valence-electron chi connectivity index (χ2n) is 9.07. The van der Waals surface area contributed by atoms with Crippen molar-refractivity contribution in [1.29, 1.82) is 0 Å². The highest BCUT2D eigenvalue weighted by molar-refractivity contribution is 7.99. The quantitative estimate of drug-likeness (QED) is 0.289. The van der Waals surface area contributed by atoms with E-state index in [4.69, 9.17) is 9.16 Å². The van der Waals surface area contributed by atoms with E-state index in [0.29, 0.717) is 27.3 Å². The first-order chi connectivity index (χ1) is 14.5. The molecule has 0 saturated carbocycles. The Morgan fingerprint density at radius 2 is 1.39 bits per heavy atom. The third-order valence-corrected chi connectivity index (χ3v) is 13.6. The van der Waals surface area contributed by atoms with Gasteiger partial charge in [0.2, 0.25) is 0 Å². The summed E-state index contributed by atoms with van der Waals surface area (Å²) in [5, 5.41) is 20.7. The Morgan fingerprint density at radius 1 is 0.839 bits per heavy atom. The molecule has 0 saturated heterocycles. The van der Waals surface area contributed by atoms with Gasteiger partial charge in [-0.2, -0.15) is 0 Å². The number of para-hydroxylation sites is 1. The van der Waals surface area contributed by atoms with Gasteiger partial charge in [-0.15, -0.1) is 11.8 Å². The number of aliphatic hydroxyl groups is 1. The van der Waals surface area contributed by atoms with Crippen LogP contribution in [0.4, 0.5) is 0 Å². The fraction of sp³-hybridized carbons (Fsp3) is 0.520. The Labute approximate surface area is 193 Å². The van der Waals surface area contributed by atoms with Crippen molar-refractivity contribution >= 4 is 20.1 Å². The van der Waals surface area contributed by atoms with E-state index < -0.39 is 14.4 Å². The Hall–Kier alpha value is -1.63. The zero-order chi connectivity index (χ0) is 23.3. The number of thioether (sulfide) groups is 1. The van der Waals surface area contributed by atoms with Gasteiger partial charge < -0.3 is 19.4 Å². The zero-order valence-corrected chi connectivity index (χ0v) is 21.9. The largest absolute Gasteiger partial charge is 0.543 e. The lowest BCUT2D eigenvalue weighted by Gasteiger charge is -2.42. The van der Waals surface area contributed by atoms with Gasteiger partial charge in [-0.25, -0.2) is 0 Å². The molecule has 0 fully saturated rings. The third kappa shape index (κ3) is 5.60. The molecule has 2 rings (SSSR count). The van der Waals surface area contributed by atoms with Crippen LogP contribution in [0.25, 0.3) is 0 Å². The molecule has 2 aromatic carbocycles. The molecule has 2 atom stereocenters. The second-order valence-corrected chi connectivity index (χ2v) is 15.6. The van der Waals surface area contributed by atoms with Crippen molar-refractivity contribution in [3.8, 4) is 17.2 Å². The van der Waals surface area contributed by atoms with E-state index in [1.54, 1.807) is 13.0 Å². The number of hydrogen-bond acceptors (Lipinski definition) is 5. The Kier molecular flexibility index (Phi) is 8.92. The van der Waals surface area contributed by atoms with E-state index in [9.17, 15) is 10.2 Å². The van der Waals surface area contributed by atoms with Crippen LogP contribution in [0.15, 0.2) is 47.4 Å². The number of phenolic OH excluding ortho intramolecular Hbond substituents is 1. The summed E-state index contributed by atoms with van der Waals surface area (Å²) in [6, 6.07) is 13.5. The molecule has 0 aliphatic carbocycles. The second kappa shape index (κ2) is 10.8. The number of hydrogen-bond donors (Lipinski definition) is 2. The van der Waals surface area contributed by atoms with E-state index in [2.05, 4.69) is 41.5 Å². The van der Waals surface area contributed by atoms with E-state index in [-0.39, 0.29) is 11.0 Å². The maximum absolute atomic E-state index is 10.5. The zero-order valence-electron chi connectivity index (χ0n) is 20.0. The number of rotatable bonds is 10. The fourth-order valence-electron chi connectivity index (χ4n) is 4.63. The van der Waals surface area contributed by atoms with Gasteiger partial charge in [0.15, 0.2) is 11.5 Å². The van der Waals surface area contributed by atoms with Crippen LogP contribution in [0.5, 0.6) is 17.2 Å². The fourth-order valence-corrected chi connectivity index (χ4v) is 11.0.